The molecule has 3 amide bonds. The summed E-state index contributed by atoms with van der Waals surface area (Å²) in [6, 6.07) is 7.52. The van der Waals surface area contributed by atoms with Gasteiger partial charge in [0.15, 0.2) is 0 Å². The van der Waals surface area contributed by atoms with Crippen LogP contribution in [0.4, 0.5) is 15.3 Å². The minimum absolute atomic E-state index is 0.137. The van der Waals surface area contributed by atoms with Crippen LogP contribution in [0, 0.1) is 6.92 Å². The van der Waals surface area contributed by atoms with Crippen LogP contribution in [-0.2, 0) is 4.74 Å². The maximum Gasteiger partial charge on any atom is 0.409 e. The molecule has 0 atom stereocenters. The number of benzene rings is 1. The van der Waals surface area contributed by atoms with Crippen molar-refractivity contribution in [2.45, 2.75) is 13.8 Å². The summed E-state index contributed by atoms with van der Waals surface area (Å²) in [4.78, 5) is 27.0. The number of rotatable bonds is 2. The van der Waals surface area contributed by atoms with Gasteiger partial charge in [0.1, 0.15) is 0 Å². The third-order valence-electron chi connectivity index (χ3n) is 3.40. The predicted molar refractivity (Wildman–Crippen MR) is 80.4 cm³/mol. The molecule has 0 aromatic heterocycles. The molecule has 1 aliphatic rings. The number of urea groups is 1. The Hall–Kier alpha value is -2.24. The average Bonchev–Trinajstić information content (AvgIpc) is 2.50. The molecule has 0 radical (unpaired) electrons. The lowest BCUT2D eigenvalue weighted by molar-refractivity contribution is 0.0868. The molecule has 6 nitrogen and oxygen atoms in total. The Morgan fingerprint density at radius 1 is 1.10 bits per heavy atom. The van der Waals surface area contributed by atoms with E-state index in [9.17, 15) is 9.59 Å². The second-order valence-corrected chi connectivity index (χ2v) is 4.97. The summed E-state index contributed by atoms with van der Waals surface area (Å²) in [7, 11) is 0. The van der Waals surface area contributed by atoms with Gasteiger partial charge in [0, 0.05) is 31.9 Å². The number of nitrogens with zero attached hydrogens (tertiary/aromatic N) is 2. The van der Waals surface area contributed by atoms with E-state index < -0.39 is 0 Å². The van der Waals surface area contributed by atoms with Crippen molar-refractivity contribution in [3.8, 4) is 0 Å². The number of carbonyl (C=O) groups is 2. The van der Waals surface area contributed by atoms with E-state index in [1.165, 1.54) is 0 Å². The van der Waals surface area contributed by atoms with Gasteiger partial charge < -0.3 is 19.9 Å². The van der Waals surface area contributed by atoms with Gasteiger partial charge in [-0.15, -0.1) is 0 Å². The monoisotopic (exact) mass is 291 g/mol. The van der Waals surface area contributed by atoms with Crippen molar-refractivity contribution in [2.75, 3.05) is 38.1 Å². The van der Waals surface area contributed by atoms with Crippen LogP contribution in [0.1, 0.15) is 12.5 Å². The number of carbonyl (C=O) groups excluding carboxylic acids is 2. The predicted octanol–water partition coefficient (Wildman–Crippen LogP) is 2.30. The number of nitrogens with one attached hydrogen (secondary N) is 1. The number of hydrogen-bond acceptors (Lipinski definition) is 3. The van der Waals surface area contributed by atoms with Gasteiger partial charge in [-0.25, -0.2) is 9.59 Å². The maximum absolute atomic E-state index is 12.1. The van der Waals surface area contributed by atoms with Gasteiger partial charge in [0.2, 0.25) is 0 Å². The largest absolute Gasteiger partial charge is 0.450 e. The first kappa shape index (κ1) is 15.2. The van der Waals surface area contributed by atoms with Crippen LogP contribution in [-0.4, -0.2) is 54.7 Å². The number of hydrogen-bond donors (Lipinski definition) is 1. The smallest absolute Gasteiger partial charge is 0.409 e. The first-order valence-electron chi connectivity index (χ1n) is 7.14. The zero-order chi connectivity index (χ0) is 15.2. The first-order chi connectivity index (χ1) is 10.1. The maximum atomic E-state index is 12.1. The van der Waals surface area contributed by atoms with Gasteiger partial charge in [-0.2, -0.15) is 0 Å². The van der Waals surface area contributed by atoms with Gasteiger partial charge in [0.25, 0.3) is 0 Å². The summed E-state index contributed by atoms with van der Waals surface area (Å²) < 4.78 is 4.95. The molecule has 0 spiro atoms. The summed E-state index contributed by atoms with van der Waals surface area (Å²) in [6.45, 7) is 6.17. The summed E-state index contributed by atoms with van der Waals surface area (Å²) in [6.07, 6.45) is -0.309. The standard InChI is InChI=1S/C15H21N3O3/c1-3-21-15(20)18-10-8-17(9-11-18)14(19)16-13-6-4-12(2)5-7-13/h4-7H,3,8-11H2,1-2H3,(H,16,19). The highest BCUT2D eigenvalue weighted by atomic mass is 16.6. The number of anilines is 1. The number of aryl methyl sites for hydroxylation is 1. The third-order valence-corrected chi connectivity index (χ3v) is 3.40. The fraction of sp³-hybridized carbons (Fsp3) is 0.467. The fourth-order valence-corrected chi connectivity index (χ4v) is 2.15. The molecule has 1 aliphatic heterocycles. The van der Waals surface area contributed by atoms with Crippen LogP contribution in [0.25, 0.3) is 0 Å². The molecule has 0 unspecified atom stereocenters. The molecule has 21 heavy (non-hydrogen) atoms. The molecule has 0 aliphatic carbocycles. The van der Waals surface area contributed by atoms with Gasteiger partial charge >= 0.3 is 12.1 Å². The minimum Gasteiger partial charge on any atom is -0.450 e. The summed E-state index contributed by atoms with van der Waals surface area (Å²) in [5, 5.41) is 2.86. The average molecular weight is 291 g/mol. The normalized spacial score (nSPS) is 14.8. The molecular weight excluding hydrogens is 270 g/mol. The number of amides is 3. The second-order valence-electron chi connectivity index (χ2n) is 4.97. The Morgan fingerprint density at radius 3 is 2.24 bits per heavy atom. The first-order valence-corrected chi connectivity index (χ1v) is 7.14. The lowest BCUT2D eigenvalue weighted by Gasteiger charge is -2.34. The molecule has 1 aromatic carbocycles. The van der Waals surface area contributed by atoms with Crippen molar-refractivity contribution >= 4 is 17.8 Å². The van der Waals surface area contributed by atoms with Crippen LogP contribution in [0.2, 0.25) is 0 Å². The number of ether oxygens (including phenoxy) is 1. The van der Waals surface area contributed by atoms with Crippen LogP contribution in [0.5, 0.6) is 0 Å². The molecule has 1 N–H and O–H groups in total. The van der Waals surface area contributed by atoms with Crippen LogP contribution < -0.4 is 5.32 Å². The molecule has 1 saturated heterocycles. The van der Waals surface area contributed by atoms with E-state index in [4.69, 9.17) is 4.74 Å². The number of piperazine rings is 1. The van der Waals surface area contributed by atoms with Crippen LogP contribution >= 0.6 is 0 Å². The van der Waals surface area contributed by atoms with E-state index >= 15 is 0 Å². The van der Waals surface area contributed by atoms with Crippen molar-refractivity contribution in [2.24, 2.45) is 0 Å². The van der Waals surface area contributed by atoms with Crippen molar-refractivity contribution in [1.29, 1.82) is 0 Å². The second kappa shape index (κ2) is 6.97. The third kappa shape index (κ3) is 4.11. The zero-order valence-electron chi connectivity index (χ0n) is 12.5. The molecule has 114 valence electrons. The van der Waals surface area contributed by atoms with E-state index in [2.05, 4.69) is 5.32 Å². The summed E-state index contributed by atoms with van der Waals surface area (Å²) >= 11 is 0. The Labute approximate surface area is 124 Å². The molecule has 0 saturated carbocycles. The van der Waals surface area contributed by atoms with Crippen LogP contribution in [0.3, 0.4) is 0 Å². The van der Waals surface area contributed by atoms with E-state index in [0.717, 1.165) is 11.3 Å². The SMILES string of the molecule is CCOC(=O)N1CCN(C(=O)Nc2ccc(C)cc2)CC1. The Bertz CT molecular complexity index is 493. The molecule has 1 fully saturated rings. The molecule has 0 bridgehead atoms. The highest BCUT2D eigenvalue weighted by molar-refractivity contribution is 5.89. The molecule has 2 rings (SSSR count). The Morgan fingerprint density at radius 2 is 1.67 bits per heavy atom. The highest BCUT2D eigenvalue weighted by Crippen LogP contribution is 2.11. The lowest BCUT2D eigenvalue weighted by Crippen LogP contribution is -2.51. The highest BCUT2D eigenvalue weighted by Gasteiger charge is 2.24. The minimum atomic E-state index is -0.309. The summed E-state index contributed by atoms with van der Waals surface area (Å²) in [5.74, 6) is 0. The van der Waals surface area contributed by atoms with Gasteiger partial charge in [-0.1, -0.05) is 17.7 Å². The van der Waals surface area contributed by atoms with Gasteiger partial charge in [0.05, 0.1) is 6.61 Å². The van der Waals surface area contributed by atoms with Crippen molar-refractivity contribution in [3.63, 3.8) is 0 Å². The van der Waals surface area contributed by atoms with E-state index in [0.29, 0.717) is 32.8 Å². The van der Waals surface area contributed by atoms with E-state index in [-0.39, 0.29) is 12.1 Å². The van der Waals surface area contributed by atoms with Gasteiger partial charge in [-0.3, -0.25) is 0 Å². The fourth-order valence-electron chi connectivity index (χ4n) is 2.15. The molecular formula is C15H21N3O3. The lowest BCUT2D eigenvalue weighted by atomic mass is 10.2. The van der Waals surface area contributed by atoms with Crippen molar-refractivity contribution in [1.82, 2.24) is 9.80 Å². The molecule has 1 aromatic rings. The Balaban J connectivity index is 1.83. The van der Waals surface area contributed by atoms with E-state index in [1.807, 2.05) is 31.2 Å². The quantitative estimate of drug-likeness (QED) is 0.909. The molecule has 1 heterocycles. The summed E-state index contributed by atoms with van der Waals surface area (Å²) in [5.41, 5.74) is 1.93. The van der Waals surface area contributed by atoms with Gasteiger partial charge in [-0.05, 0) is 26.0 Å². The van der Waals surface area contributed by atoms with Crippen molar-refractivity contribution < 1.29 is 14.3 Å². The van der Waals surface area contributed by atoms with E-state index in [1.54, 1.807) is 16.7 Å². The topological polar surface area (TPSA) is 61.9 Å². The Kier molecular flexibility index (Phi) is 5.03. The molecule has 6 heteroatoms. The van der Waals surface area contributed by atoms with Crippen LogP contribution in [0.15, 0.2) is 24.3 Å². The van der Waals surface area contributed by atoms with Crippen molar-refractivity contribution in [3.05, 3.63) is 29.8 Å². The zero-order valence-corrected chi connectivity index (χ0v) is 12.5.